The Morgan fingerprint density at radius 2 is 1.95 bits per heavy atom. The SMILES string of the molecule is COCCOc1ccccc1C(N)c1ncc(C)cc1C. The molecule has 1 aromatic heterocycles. The van der Waals surface area contributed by atoms with Crippen LogP contribution in [-0.2, 0) is 4.74 Å². The summed E-state index contributed by atoms with van der Waals surface area (Å²) in [6.45, 7) is 5.10. The van der Waals surface area contributed by atoms with Gasteiger partial charge in [-0.3, -0.25) is 4.98 Å². The summed E-state index contributed by atoms with van der Waals surface area (Å²) in [5, 5.41) is 0. The van der Waals surface area contributed by atoms with Gasteiger partial charge in [-0.15, -0.1) is 0 Å². The van der Waals surface area contributed by atoms with Crippen molar-refractivity contribution >= 4 is 0 Å². The number of nitrogens with zero attached hydrogens (tertiary/aromatic N) is 1. The van der Waals surface area contributed by atoms with Gasteiger partial charge >= 0.3 is 0 Å². The number of methoxy groups -OCH3 is 1. The lowest BCUT2D eigenvalue weighted by Gasteiger charge is -2.18. The van der Waals surface area contributed by atoms with Crippen LogP contribution in [0.5, 0.6) is 5.75 Å². The van der Waals surface area contributed by atoms with E-state index < -0.39 is 0 Å². The van der Waals surface area contributed by atoms with E-state index in [2.05, 4.69) is 11.1 Å². The molecular formula is C17H22N2O2. The van der Waals surface area contributed by atoms with Gasteiger partial charge in [0.05, 0.1) is 18.3 Å². The van der Waals surface area contributed by atoms with Gasteiger partial charge in [0.2, 0.25) is 0 Å². The van der Waals surface area contributed by atoms with Crippen molar-refractivity contribution in [1.82, 2.24) is 4.98 Å². The highest BCUT2D eigenvalue weighted by Gasteiger charge is 2.17. The van der Waals surface area contributed by atoms with E-state index in [9.17, 15) is 0 Å². The average Bonchev–Trinajstić information content (AvgIpc) is 2.47. The Morgan fingerprint density at radius 3 is 2.67 bits per heavy atom. The number of hydrogen-bond acceptors (Lipinski definition) is 4. The average molecular weight is 286 g/mol. The maximum atomic E-state index is 6.40. The zero-order valence-electron chi connectivity index (χ0n) is 12.8. The van der Waals surface area contributed by atoms with Crippen LogP contribution in [0.15, 0.2) is 36.5 Å². The summed E-state index contributed by atoms with van der Waals surface area (Å²) in [6.07, 6.45) is 1.84. The maximum Gasteiger partial charge on any atom is 0.124 e. The smallest absolute Gasteiger partial charge is 0.124 e. The molecule has 0 aliphatic rings. The normalized spacial score (nSPS) is 12.2. The lowest BCUT2D eigenvalue weighted by atomic mass is 9.99. The highest BCUT2D eigenvalue weighted by molar-refractivity contribution is 5.41. The number of pyridine rings is 1. The van der Waals surface area contributed by atoms with Crippen LogP contribution in [-0.4, -0.2) is 25.3 Å². The van der Waals surface area contributed by atoms with Crippen molar-refractivity contribution in [3.8, 4) is 5.75 Å². The molecule has 0 saturated heterocycles. The molecular weight excluding hydrogens is 264 g/mol. The number of nitrogens with two attached hydrogens (primary N) is 1. The number of benzene rings is 1. The van der Waals surface area contributed by atoms with Gasteiger partial charge in [0, 0.05) is 18.9 Å². The van der Waals surface area contributed by atoms with Crippen molar-refractivity contribution < 1.29 is 9.47 Å². The second kappa shape index (κ2) is 7.20. The van der Waals surface area contributed by atoms with Gasteiger partial charge in [0.25, 0.3) is 0 Å². The zero-order chi connectivity index (χ0) is 15.2. The molecule has 21 heavy (non-hydrogen) atoms. The van der Waals surface area contributed by atoms with Crippen molar-refractivity contribution in [2.24, 2.45) is 5.73 Å². The van der Waals surface area contributed by atoms with Crippen LogP contribution in [0, 0.1) is 13.8 Å². The Kier molecular flexibility index (Phi) is 5.31. The van der Waals surface area contributed by atoms with Crippen molar-refractivity contribution in [1.29, 1.82) is 0 Å². The molecule has 0 amide bonds. The van der Waals surface area contributed by atoms with E-state index in [4.69, 9.17) is 15.2 Å². The molecule has 2 N–H and O–H groups in total. The first kappa shape index (κ1) is 15.5. The van der Waals surface area contributed by atoms with Crippen LogP contribution >= 0.6 is 0 Å². The molecule has 1 aromatic carbocycles. The molecule has 112 valence electrons. The molecule has 2 rings (SSSR count). The third-order valence-electron chi connectivity index (χ3n) is 3.35. The number of rotatable bonds is 6. The van der Waals surface area contributed by atoms with Crippen molar-refractivity contribution in [3.63, 3.8) is 0 Å². The lowest BCUT2D eigenvalue weighted by Crippen LogP contribution is -2.17. The third-order valence-corrected chi connectivity index (χ3v) is 3.35. The largest absolute Gasteiger partial charge is 0.491 e. The van der Waals surface area contributed by atoms with E-state index in [-0.39, 0.29) is 6.04 Å². The first-order valence-corrected chi connectivity index (χ1v) is 7.03. The quantitative estimate of drug-likeness (QED) is 0.830. The molecule has 0 aliphatic heterocycles. The summed E-state index contributed by atoms with van der Waals surface area (Å²) in [6, 6.07) is 9.60. The second-order valence-electron chi connectivity index (χ2n) is 5.07. The Balaban J connectivity index is 2.27. The van der Waals surface area contributed by atoms with Crippen LogP contribution in [0.1, 0.15) is 28.4 Å². The predicted molar refractivity (Wildman–Crippen MR) is 83.6 cm³/mol. The Labute approximate surface area is 125 Å². The molecule has 1 heterocycles. The molecule has 0 radical (unpaired) electrons. The Bertz CT molecular complexity index is 599. The van der Waals surface area contributed by atoms with Crippen molar-refractivity contribution in [2.45, 2.75) is 19.9 Å². The molecule has 0 aliphatic carbocycles. The minimum absolute atomic E-state index is 0.302. The molecule has 0 bridgehead atoms. The minimum Gasteiger partial charge on any atom is -0.491 e. The van der Waals surface area contributed by atoms with E-state index in [1.165, 1.54) is 0 Å². The fourth-order valence-corrected chi connectivity index (χ4v) is 2.30. The summed E-state index contributed by atoms with van der Waals surface area (Å²) in [4.78, 5) is 4.49. The van der Waals surface area contributed by atoms with Crippen molar-refractivity contribution in [2.75, 3.05) is 20.3 Å². The number of ether oxygens (including phenoxy) is 2. The van der Waals surface area contributed by atoms with Crippen LogP contribution in [0.25, 0.3) is 0 Å². The number of aryl methyl sites for hydroxylation is 2. The summed E-state index contributed by atoms with van der Waals surface area (Å²) in [5.41, 5.74) is 10.4. The van der Waals surface area contributed by atoms with Gasteiger partial charge in [-0.2, -0.15) is 0 Å². The van der Waals surface area contributed by atoms with Gasteiger partial charge in [-0.25, -0.2) is 0 Å². The molecule has 0 saturated carbocycles. The van der Waals surface area contributed by atoms with Crippen LogP contribution in [0.4, 0.5) is 0 Å². The fraction of sp³-hybridized carbons (Fsp3) is 0.353. The first-order chi connectivity index (χ1) is 10.1. The molecule has 2 aromatic rings. The summed E-state index contributed by atoms with van der Waals surface area (Å²) in [5.74, 6) is 0.781. The topological polar surface area (TPSA) is 57.4 Å². The Hall–Kier alpha value is -1.91. The molecule has 1 atom stereocenters. The van der Waals surface area contributed by atoms with Crippen LogP contribution in [0.2, 0.25) is 0 Å². The van der Waals surface area contributed by atoms with Crippen LogP contribution < -0.4 is 10.5 Å². The minimum atomic E-state index is -0.302. The van der Waals surface area contributed by atoms with Gasteiger partial charge in [-0.1, -0.05) is 24.3 Å². The van der Waals surface area contributed by atoms with E-state index in [0.29, 0.717) is 13.2 Å². The van der Waals surface area contributed by atoms with Crippen molar-refractivity contribution in [3.05, 3.63) is 58.9 Å². The van der Waals surface area contributed by atoms with Gasteiger partial charge in [-0.05, 0) is 31.0 Å². The number of aromatic nitrogens is 1. The number of para-hydroxylation sites is 1. The Morgan fingerprint density at radius 1 is 1.19 bits per heavy atom. The molecule has 4 nitrogen and oxygen atoms in total. The highest BCUT2D eigenvalue weighted by atomic mass is 16.5. The zero-order valence-corrected chi connectivity index (χ0v) is 12.8. The standard InChI is InChI=1S/C17H22N2O2/c1-12-10-13(2)17(19-11-12)16(18)14-6-4-5-7-15(14)21-9-8-20-3/h4-7,10-11,16H,8-9,18H2,1-3H3. The van der Waals surface area contributed by atoms with Gasteiger partial charge < -0.3 is 15.2 Å². The summed E-state index contributed by atoms with van der Waals surface area (Å²) in [7, 11) is 1.65. The first-order valence-electron chi connectivity index (χ1n) is 7.03. The molecule has 1 unspecified atom stereocenters. The predicted octanol–water partition coefficient (Wildman–Crippen LogP) is 2.77. The van der Waals surface area contributed by atoms with E-state index in [0.717, 1.165) is 28.1 Å². The van der Waals surface area contributed by atoms with E-state index >= 15 is 0 Å². The summed E-state index contributed by atoms with van der Waals surface area (Å²) < 4.78 is 10.8. The number of hydrogen-bond donors (Lipinski definition) is 1. The highest BCUT2D eigenvalue weighted by Crippen LogP contribution is 2.28. The molecule has 4 heteroatoms. The van der Waals surface area contributed by atoms with E-state index in [1.807, 2.05) is 44.3 Å². The van der Waals surface area contributed by atoms with Gasteiger partial charge in [0.15, 0.2) is 0 Å². The fourth-order valence-electron chi connectivity index (χ4n) is 2.30. The maximum absolute atomic E-state index is 6.40. The van der Waals surface area contributed by atoms with E-state index in [1.54, 1.807) is 7.11 Å². The summed E-state index contributed by atoms with van der Waals surface area (Å²) >= 11 is 0. The molecule has 0 spiro atoms. The lowest BCUT2D eigenvalue weighted by molar-refractivity contribution is 0.145. The third kappa shape index (κ3) is 3.80. The molecule has 0 fully saturated rings. The second-order valence-corrected chi connectivity index (χ2v) is 5.07. The van der Waals surface area contributed by atoms with Crippen LogP contribution in [0.3, 0.4) is 0 Å². The monoisotopic (exact) mass is 286 g/mol. The van der Waals surface area contributed by atoms with Gasteiger partial charge in [0.1, 0.15) is 12.4 Å².